The van der Waals surface area contributed by atoms with E-state index in [-0.39, 0.29) is 0 Å². The molecule has 3 aromatic rings. The highest BCUT2D eigenvalue weighted by atomic mass is 32.1. The molecule has 0 saturated heterocycles. The quantitative estimate of drug-likeness (QED) is 0.495. The van der Waals surface area contributed by atoms with E-state index in [0.717, 1.165) is 28.3 Å². The number of benzene rings is 3. The van der Waals surface area contributed by atoms with E-state index in [1.165, 1.54) is 11.1 Å². The molecule has 0 unspecified atom stereocenters. The predicted octanol–water partition coefficient (Wildman–Crippen LogP) is 5.72. The number of hydrogen-bond donors (Lipinski definition) is 1. The van der Waals surface area contributed by atoms with Gasteiger partial charge in [0.15, 0.2) is 5.11 Å². The van der Waals surface area contributed by atoms with Gasteiger partial charge in [-0.1, -0.05) is 48.0 Å². The van der Waals surface area contributed by atoms with Crippen LogP contribution in [0.3, 0.4) is 0 Å². The smallest absolute Gasteiger partial charge is 0.174 e. The largest absolute Gasteiger partial charge is 0.497 e. The molecule has 0 saturated carbocycles. The summed E-state index contributed by atoms with van der Waals surface area (Å²) in [5, 5.41) is 4.02. The maximum absolute atomic E-state index is 5.81. The van der Waals surface area contributed by atoms with Gasteiger partial charge in [-0.2, -0.15) is 0 Å². The summed E-state index contributed by atoms with van der Waals surface area (Å²) >= 11 is 5.81. The van der Waals surface area contributed by atoms with Crippen molar-refractivity contribution >= 4 is 23.0 Å². The summed E-state index contributed by atoms with van der Waals surface area (Å²) in [6, 6.07) is 22.6. The molecule has 0 heterocycles. The minimum absolute atomic E-state index is 0.648. The molecule has 0 radical (unpaired) electrons. The van der Waals surface area contributed by atoms with Gasteiger partial charge in [-0.05, 0) is 67.0 Å². The number of anilines is 1. The predicted molar refractivity (Wildman–Crippen MR) is 127 cm³/mol. The SMILES string of the molecule is COc1ccc(CN(Cc2cccc(C)c2)C(=S)Nc2ccc(C)cc2OC)cc1. The maximum Gasteiger partial charge on any atom is 0.174 e. The zero-order valence-electron chi connectivity index (χ0n) is 17.9. The van der Waals surface area contributed by atoms with Gasteiger partial charge in [-0.25, -0.2) is 0 Å². The lowest BCUT2D eigenvalue weighted by Gasteiger charge is -2.27. The van der Waals surface area contributed by atoms with E-state index >= 15 is 0 Å². The molecule has 0 fully saturated rings. The van der Waals surface area contributed by atoms with Crippen LogP contribution in [-0.4, -0.2) is 24.2 Å². The van der Waals surface area contributed by atoms with E-state index in [0.29, 0.717) is 18.2 Å². The number of rotatable bonds is 7. The first-order chi connectivity index (χ1) is 14.5. The van der Waals surface area contributed by atoms with Crippen LogP contribution in [0.5, 0.6) is 11.5 Å². The third kappa shape index (κ3) is 5.74. The lowest BCUT2D eigenvalue weighted by atomic mass is 10.1. The summed E-state index contributed by atoms with van der Waals surface area (Å²) in [6.07, 6.45) is 0. The number of nitrogens with zero attached hydrogens (tertiary/aromatic N) is 1. The normalized spacial score (nSPS) is 10.4. The summed E-state index contributed by atoms with van der Waals surface area (Å²) in [5.41, 5.74) is 5.60. The van der Waals surface area contributed by atoms with Gasteiger partial charge < -0.3 is 19.7 Å². The topological polar surface area (TPSA) is 33.7 Å². The average molecular weight is 421 g/mol. The van der Waals surface area contributed by atoms with Gasteiger partial charge in [0.2, 0.25) is 0 Å². The van der Waals surface area contributed by atoms with Crippen molar-refractivity contribution in [1.29, 1.82) is 0 Å². The Kier molecular flexibility index (Phi) is 7.31. The zero-order valence-corrected chi connectivity index (χ0v) is 18.8. The van der Waals surface area contributed by atoms with Gasteiger partial charge in [0.25, 0.3) is 0 Å². The van der Waals surface area contributed by atoms with Crippen molar-refractivity contribution in [3.05, 3.63) is 89.0 Å². The first kappa shape index (κ1) is 21.7. The van der Waals surface area contributed by atoms with Crippen LogP contribution in [0.2, 0.25) is 0 Å². The summed E-state index contributed by atoms with van der Waals surface area (Å²) in [7, 11) is 3.35. The van der Waals surface area contributed by atoms with E-state index in [2.05, 4.69) is 53.5 Å². The Morgan fingerprint density at radius 3 is 2.20 bits per heavy atom. The van der Waals surface area contributed by atoms with Crippen LogP contribution >= 0.6 is 12.2 Å². The second-order valence-electron chi connectivity index (χ2n) is 7.33. The van der Waals surface area contributed by atoms with Crippen molar-refractivity contribution < 1.29 is 9.47 Å². The fourth-order valence-corrected chi connectivity index (χ4v) is 3.52. The summed E-state index contributed by atoms with van der Waals surface area (Å²) in [4.78, 5) is 2.16. The Balaban J connectivity index is 1.84. The first-order valence-electron chi connectivity index (χ1n) is 9.87. The van der Waals surface area contributed by atoms with Crippen LogP contribution in [0.4, 0.5) is 5.69 Å². The van der Waals surface area contributed by atoms with Crippen molar-refractivity contribution in [2.24, 2.45) is 0 Å². The molecule has 5 heteroatoms. The highest BCUT2D eigenvalue weighted by molar-refractivity contribution is 7.80. The summed E-state index contributed by atoms with van der Waals surface area (Å²) < 4.78 is 10.8. The molecule has 0 aliphatic carbocycles. The van der Waals surface area contributed by atoms with Gasteiger partial charge in [-0.15, -0.1) is 0 Å². The van der Waals surface area contributed by atoms with Crippen molar-refractivity contribution in [2.75, 3.05) is 19.5 Å². The second kappa shape index (κ2) is 10.1. The van der Waals surface area contributed by atoms with E-state index in [4.69, 9.17) is 21.7 Å². The molecule has 4 nitrogen and oxygen atoms in total. The highest BCUT2D eigenvalue weighted by Gasteiger charge is 2.14. The summed E-state index contributed by atoms with van der Waals surface area (Å²) in [6.45, 7) is 5.52. The van der Waals surface area contributed by atoms with E-state index in [1.54, 1.807) is 14.2 Å². The maximum atomic E-state index is 5.81. The number of nitrogens with one attached hydrogen (secondary N) is 1. The van der Waals surface area contributed by atoms with Gasteiger partial charge in [0.1, 0.15) is 11.5 Å². The molecule has 1 N–H and O–H groups in total. The van der Waals surface area contributed by atoms with E-state index < -0.39 is 0 Å². The fraction of sp³-hybridized carbons (Fsp3) is 0.240. The molecule has 156 valence electrons. The van der Waals surface area contributed by atoms with Crippen molar-refractivity contribution in [1.82, 2.24) is 4.90 Å². The number of thiocarbonyl (C=S) groups is 1. The number of hydrogen-bond acceptors (Lipinski definition) is 3. The molecular weight excluding hydrogens is 392 g/mol. The first-order valence-corrected chi connectivity index (χ1v) is 10.3. The third-order valence-electron chi connectivity index (χ3n) is 4.87. The Labute approximate surface area is 184 Å². The fourth-order valence-electron chi connectivity index (χ4n) is 3.28. The average Bonchev–Trinajstić information content (AvgIpc) is 2.75. The Hall–Kier alpha value is -3.05. The minimum Gasteiger partial charge on any atom is -0.497 e. The van der Waals surface area contributed by atoms with Crippen LogP contribution in [0.15, 0.2) is 66.7 Å². The molecule has 3 rings (SSSR count). The Morgan fingerprint density at radius 2 is 1.53 bits per heavy atom. The lowest BCUT2D eigenvalue weighted by molar-refractivity contribution is 0.405. The molecule has 0 aliphatic heterocycles. The molecule has 0 amide bonds. The van der Waals surface area contributed by atoms with Crippen LogP contribution in [0.25, 0.3) is 0 Å². The third-order valence-corrected chi connectivity index (χ3v) is 5.23. The Morgan fingerprint density at radius 1 is 0.833 bits per heavy atom. The van der Waals surface area contributed by atoms with Crippen LogP contribution in [0, 0.1) is 13.8 Å². The molecule has 3 aromatic carbocycles. The zero-order chi connectivity index (χ0) is 21.5. The van der Waals surface area contributed by atoms with Crippen molar-refractivity contribution in [2.45, 2.75) is 26.9 Å². The van der Waals surface area contributed by atoms with Crippen LogP contribution < -0.4 is 14.8 Å². The van der Waals surface area contributed by atoms with Gasteiger partial charge >= 0.3 is 0 Å². The van der Waals surface area contributed by atoms with Crippen molar-refractivity contribution in [3.8, 4) is 11.5 Å². The number of ether oxygens (including phenoxy) is 2. The number of methoxy groups -OCH3 is 2. The second-order valence-corrected chi connectivity index (χ2v) is 7.71. The Bertz CT molecular complexity index is 1000. The summed E-state index contributed by atoms with van der Waals surface area (Å²) in [5.74, 6) is 1.62. The molecule has 0 aliphatic rings. The monoisotopic (exact) mass is 420 g/mol. The molecule has 0 bridgehead atoms. The highest BCUT2D eigenvalue weighted by Crippen LogP contribution is 2.26. The molecule has 0 aromatic heterocycles. The molecule has 0 spiro atoms. The van der Waals surface area contributed by atoms with E-state index in [9.17, 15) is 0 Å². The lowest BCUT2D eigenvalue weighted by Crippen LogP contribution is -2.34. The van der Waals surface area contributed by atoms with Crippen molar-refractivity contribution in [3.63, 3.8) is 0 Å². The minimum atomic E-state index is 0.648. The number of aryl methyl sites for hydroxylation is 2. The standard InChI is InChI=1S/C25H28N2O2S/c1-18-6-5-7-21(14-18)17-27(16-20-9-11-22(28-3)12-10-20)25(30)26-23-13-8-19(2)15-24(23)29-4/h5-15H,16-17H2,1-4H3,(H,26,30). The molecular formula is C25H28N2O2S. The van der Waals surface area contributed by atoms with Crippen LogP contribution in [0.1, 0.15) is 22.3 Å². The molecule has 30 heavy (non-hydrogen) atoms. The van der Waals surface area contributed by atoms with E-state index in [1.807, 2.05) is 37.3 Å². The van der Waals surface area contributed by atoms with Gasteiger partial charge in [0.05, 0.1) is 19.9 Å². The van der Waals surface area contributed by atoms with Crippen LogP contribution in [-0.2, 0) is 13.1 Å². The molecule has 0 atom stereocenters. The van der Waals surface area contributed by atoms with Gasteiger partial charge in [0, 0.05) is 13.1 Å². The van der Waals surface area contributed by atoms with Gasteiger partial charge in [-0.3, -0.25) is 0 Å².